The normalized spacial score (nSPS) is 15.5. The maximum Gasteiger partial charge on any atom is 0.256 e. The van der Waals surface area contributed by atoms with Crippen molar-refractivity contribution < 1.29 is 9.47 Å². The van der Waals surface area contributed by atoms with Crippen molar-refractivity contribution in [2.75, 3.05) is 24.9 Å². The van der Waals surface area contributed by atoms with E-state index in [4.69, 9.17) is 14.5 Å². The molecule has 1 aliphatic rings. The maximum atomic E-state index is 5.36. The molecule has 4 aromatic rings. The molecule has 176 valence electrons. The molecule has 4 N–H and O–H groups in total. The molecule has 1 atom stereocenters. The molecule has 0 aromatic carbocycles. The number of aliphatic imine (C=N–C) groups is 1. The number of hydrogen-bond acceptors (Lipinski definition) is 9. The Kier molecular flexibility index (Phi) is 5.32. The van der Waals surface area contributed by atoms with E-state index in [0.717, 1.165) is 39.1 Å². The van der Waals surface area contributed by atoms with Crippen LogP contribution in [-0.2, 0) is 14.1 Å². The number of ether oxygens (including phenoxy) is 2. The number of fused-ring (bicyclic) bond motifs is 1. The topological polar surface area (TPSA) is 131 Å². The number of allylic oxidation sites excluding steroid dienone is 1. The summed E-state index contributed by atoms with van der Waals surface area (Å²) in [6.07, 6.45) is 8.96. The van der Waals surface area contributed by atoms with Crippen molar-refractivity contribution >= 4 is 33.8 Å². The van der Waals surface area contributed by atoms with Gasteiger partial charge in [-0.05, 0) is 18.6 Å². The highest BCUT2D eigenvalue weighted by molar-refractivity contribution is 6.20. The Balaban J connectivity index is 1.48. The Labute approximate surface area is 195 Å². The molecule has 0 fully saturated rings. The van der Waals surface area contributed by atoms with E-state index < -0.39 is 0 Å². The number of nitrogens with zero attached hydrogens (tertiary/aromatic N) is 6. The second kappa shape index (κ2) is 8.46. The van der Waals surface area contributed by atoms with E-state index in [1.165, 1.54) is 0 Å². The standard InChI is InChI=1S/C22H26N10O2/c1-12-8-25-22(27-16-11-32(3)30-21(16)34-5)28-17(12)14-9-24-18-13(14)6-7-23-19(18)26-15-10-31(2)29-20(15)33-4/h6-11,22,24-25,27H,1-5H3,(H,23,26). The first-order chi connectivity index (χ1) is 16.5. The number of aromatic nitrogens is 6. The third-order valence-corrected chi connectivity index (χ3v) is 5.47. The van der Waals surface area contributed by atoms with Crippen LogP contribution in [0.5, 0.6) is 11.8 Å². The zero-order valence-electron chi connectivity index (χ0n) is 19.5. The van der Waals surface area contributed by atoms with E-state index in [1.807, 2.05) is 51.9 Å². The van der Waals surface area contributed by atoms with Gasteiger partial charge in [0.05, 0.1) is 37.8 Å². The predicted octanol–water partition coefficient (Wildman–Crippen LogP) is 2.48. The van der Waals surface area contributed by atoms with Crippen molar-refractivity contribution in [2.45, 2.75) is 13.2 Å². The van der Waals surface area contributed by atoms with Gasteiger partial charge < -0.3 is 30.4 Å². The van der Waals surface area contributed by atoms with Crippen molar-refractivity contribution in [1.29, 1.82) is 0 Å². The molecule has 0 radical (unpaired) electrons. The lowest BCUT2D eigenvalue weighted by atomic mass is 10.0. The van der Waals surface area contributed by atoms with Crippen LogP contribution < -0.4 is 25.4 Å². The molecule has 34 heavy (non-hydrogen) atoms. The van der Waals surface area contributed by atoms with Gasteiger partial charge in [-0.25, -0.2) is 9.98 Å². The number of aryl methyl sites for hydroxylation is 2. The first-order valence-corrected chi connectivity index (χ1v) is 10.6. The van der Waals surface area contributed by atoms with Gasteiger partial charge in [0, 0.05) is 43.6 Å². The Morgan fingerprint density at radius 1 is 1.03 bits per heavy atom. The third-order valence-electron chi connectivity index (χ3n) is 5.47. The summed E-state index contributed by atoms with van der Waals surface area (Å²) in [5.41, 5.74) is 5.18. The second-order valence-electron chi connectivity index (χ2n) is 7.88. The fourth-order valence-electron chi connectivity index (χ4n) is 3.94. The summed E-state index contributed by atoms with van der Waals surface area (Å²) in [6.45, 7) is 2.02. The van der Waals surface area contributed by atoms with Gasteiger partial charge in [-0.2, -0.15) is 0 Å². The van der Waals surface area contributed by atoms with Crippen LogP contribution >= 0.6 is 0 Å². The summed E-state index contributed by atoms with van der Waals surface area (Å²) in [5, 5.41) is 19.5. The lowest BCUT2D eigenvalue weighted by molar-refractivity contribution is 0.392. The molecule has 0 saturated heterocycles. The van der Waals surface area contributed by atoms with Crippen molar-refractivity contribution in [3.63, 3.8) is 0 Å². The van der Waals surface area contributed by atoms with E-state index >= 15 is 0 Å². The van der Waals surface area contributed by atoms with Crippen LogP contribution in [0.3, 0.4) is 0 Å². The predicted molar refractivity (Wildman–Crippen MR) is 130 cm³/mol. The summed E-state index contributed by atoms with van der Waals surface area (Å²) in [7, 11) is 6.86. The molecule has 0 aliphatic carbocycles. The molecule has 5 rings (SSSR count). The molecule has 0 spiro atoms. The molecular formula is C22H26N10O2. The monoisotopic (exact) mass is 462 g/mol. The van der Waals surface area contributed by atoms with Crippen LogP contribution in [0, 0.1) is 0 Å². The minimum Gasteiger partial charge on any atom is -0.478 e. The number of hydrogen-bond donors (Lipinski definition) is 4. The SMILES string of the molecule is COc1nn(C)cc1Nc1nccc2c(C3=NC(Nc4cn(C)nc4OC)NC=C3C)c[nH]c12. The molecule has 0 bridgehead atoms. The number of H-pyrrole nitrogens is 1. The molecule has 5 heterocycles. The van der Waals surface area contributed by atoms with Gasteiger partial charge in [0.2, 0.25) is 0 Å². The lowest BCUT2D eigenvalue weighted by Gasteiger charge is -2.22. The van der Waals surface area contributed by atoms with Crippen molar-refractivity contribution in [2.24, 2.45) is 19.1 Å². The van der Waals surface area contributed by atoms with Gasteiger partial charge in [0.25, 0.3) is 11.8 Å². The highest BCUT2D eigenvalue weighted by Crippen LogP contribution is 2.31. The van der Waals surface area contributed by atoms with Gasteiger partial charge in [-0.15, -0.1) is 10.2 Å². The van der Waals surface area contributed by atoms with E-state index in [9.17, 15) is 0 Å². The highest BCUT2D eigenvalue weighted by atomic mass is 16.5. The van der Waals surface area contributed by atoms with Gasteiger partial charge >= 0.3 is 0 Å². The quantitative estimate of drug-likeness (QED) is 0.329. The molecule has 1 aliphatic heterocycles. The Morgan fingerprint density at radius 3 is 2.47 bits per heavy atom. The fourth-order valence-corrected chi connectivity index (χ4v) is 3.94. The number of pyridine rings is 1. The molecule has 1 unspecified atom stereocenters. The molecule has 0 amide bonds. The summed E-state index contributed by atoms with van der Waals surface area (Å²) >= 11 is 0. The van der Waals surface area contributed by atoms with Crippen LogP contribution in [0.2, 0.25) is 0 Å². The van der Waals surface area contributed by atoms with E-state index in [1.54, 1.807) is 29.8 Å². The fraction of sp³-hybridized carbons (Fsp3) is 0.273. The minimum absolute atomic E-state index is 0.388. The number of methoxy groups -OCH3 is 2. The van der Waals surface area contributed by atoms with Crippen LogP contribution in [0.25, 0.3) is 10.9 Å². The number of nitrogens with one attached hydrogen (secondary N) is 4. The minimum atomic E-state index is -0.388. The summed E-state index contributed by atoms with van der Waals surface area (Å²) < 4.78 is 14.1. The Hall–Kier alpha value is -4.48. The molecular weight excluding hydrogens is 436 g/mol. The summed E-state index contributed by atoms with van der Waals surface area (Å²) in [4.78, 5) is 12.8. The Morgan fingerprint density at radius 2 is 1.74 bits per heavy atom. The molecule has 12 nitrogen and oxygen atoms in total. The number of aromatic amines is 1. The molecule has 12 heteroatoms. The average Bonchev–Trinajstić information content (AvgIpc) is 3.51. The second-order valence-corrected chi connectivity index (χ2v) is 7.88. The van der Waals surface area contributed by atoms with Gasteiger partial charge in [0.15, 0.2) is 12.1 Å². The maximum absolute atomic E-state index is 5.36. The average molecular weight is 463 g/mol. The van der Waals surface area contributed by atoms with Crippen molar-refractivity contribution in [1.82, 2.24) is 34.8 Å². The summed E-state index contributed by atoms with van der Waals surface area (Å²) in [5.74, 6) is 1.67. The van der Waals surface area contributed by atoms with Crippen LogP contribution in [0.4, 0.5) is 17.2 Å². The lowest BCUT2D eigenvalue weighted by Crippen LogP contribution is -2.35. The number of rotatable bonds is 7. The largest absolute Gasteiger partial charge is 0.478 e. The van der Waals surface area contributed by atoms with Crippen molar-refractivity contribution in [3.8, 4) is 11.8 Å². The van der Waals surface area contributed by atoms with E-state index in [-0.39, 0.29) is 6.29 Å². The van der Waals surface area contributed by atoms with Gasteiger partial charge in [0.1, 0.15) is 11.4 Å². The van der Waals surface area contributed by atoms with E-state index in [0.29, 0.717) is 17.6 Å². The van der Waals surface area contributed by atoms with Gasteiger partial charge in [-0.1, -0.05) is 0 Å². The first-order valence-electron chi connectivity index (χ1n) is 10.6. The zero-order valence-corrected chi connectivity index (χ0v) is 19.5. The Bertz CT molecular complexity index is 1410. The first kappa shape index (κ1) is 21.4. The number of anilines is 3. The van der Waals surface area contributed by atoms with Gasteiger partial charge in [-0.3, -0.25) is 9.36 Å². The molecule has 4 aromatic heterocycles. The zero-order chi connectivity index (χ0) is 23.8. The van der Waals surface area contributed by atoms with Crippen LogP contribution in [0.1, 0.15) is 12.5 Å². The smallest absolute Gasteiger partial charge is 0.256 e. The summed E-state index contributed by atoms with van der Waals surface area (Å²) in [6, 6.07) is 1.97. The molecule has 0 saturated carbocycles. The van der Waals surface area contributed by atoms with Crippen LogP contribution in [0.15, 0.2) is 47.6 Å². The van der Waals surface area contributed by atoms with E-state index in [2.05, 4.69) is 36.1 Å². The van der Waals surface area contributed by atoms with Crippen molar-refractivity contribution in [3.05, 3.63) is 48.2 Å². The third kappa shape index (κ3) is 3.78. The highest BCUT2D eigenvalue weighted by Gasteiger charge is 2.21. The van der Waals surface area contributed by atoms with Crippen LogP contribution in [-0.4, -0.2) is 55.7 Å².